The van der Waals surface area contributed by atoms with Crippen LogP contribution < -0.4 is 10.1 Å². The number of hydrogen-bond donors (Lipinski definition) is 1. The van der Waals surface area contributed by atoms with Gasteiger partial charge in [0.2, 0.25) is 0 Å². The van der Waals surface area contributed by atoms with Crippen molar-refractivity contribution in [3.8, 4) is 5.75 Å². The fourth-order valence-corrected chi connectivity index (χ4v) is 3.57. The molecule has 0 aliphatic heterocycles. The number of thiophene rings is 1. The molecule has 0 radical (unpaired) electrons. The van der Waals surface area contributed by atoms with Crippen LogP contribution in [-0.4, -0.2) is 19.4 Å². The first-order valence-electron chi connectivity index (χ1n) is 6.31. The first kappa shape index (κ1) is 14.4. The second-order valence-electron chi connectivity index (χ2n) is 4.20. The van der Waals surface area contributed by atoms with E-state index < -0.39 is 0 Å². The molecule has 0 saturated heterocycles. The quantitative estimate of drug-likeness (QED) is 0.617. The number of para-hydroxylation sites is 1. The number of ether oxygens (including phenoxy) is 1. The van der Waals surface area contributed by atoms with Gasteiger partial charge in [-0.2, -0.15) is 0 Å². The molecule has 19 heavy (non-hydrogen) atoms. The highest BCUT2D eigenvalue weighted by atomic mass is 32.2. The molecule has 0 amide bonds. The van der Waals surface area contributed by atoms with Crippen LogP contribution in [0.1, 0.15) is 10.4 Å². The van der Waals surface area contributed by atoms with E-state index in [0.29, 0.717) is 0 Å². The van der Waals surface area contributed by atoms with Gasteiger partial charge in [0, 0.05) is 28.6 Å². The summed E-state index contributed by atoms with van der Waals surface area (Å²) in [5.74, 6) is 2.01. The van der Waals surface area contributed by atoms with Crippen molar-refractivity contribution in [3.05, 3.63) is 46.2 Å². The molecule has 2 rings (SSSR count). The molecule has 2 aromatic rings. The van der Waals surface area contributed by atoms with Gasteiger partial charge in [0.25, 0.3) is 0 Å². The molecule has 1 heterocycles. The van der Waals surface area contributed by atoms with E-state index in [9.17, 15) is 0 Å². The van der Waals surface area contributed by atoms with Crippen molar-refractivity contribution in [2.24, 2.45) is 0 Å². The predicted octanol–water partition coefficient (Wildman–Crippen LogP) is 3.95. The summed E-state index contributed by atoms with van der Waals surface area (Å²) in [6.07, 6.45) is 0. The van der Waals surface area contributed by atoms with Crippen molar-refractivity contribution in [2.45, 2.75) is 18.4 Å². The van der Waals surface area contributed by atoms with E-state index in [1.807, 2.05) is 41.3 Å². The average molecular weight is 293 g/mol. The molecule has 0 saturated carbocycles. The Balaban J connectivity index is 1.71. The fourth-order valence-electron chi connectivity index (χ4n) is 1.76. The van der Waals surface area contributed by atoms with E-state index >= 15 is 0 Å². The van der Waals surface area contributed by atoms with Crippen LogP contribution >= 0.6 is 23.1 Å². The van der Waals surface area contributed by atoms with Crippen LogP contribution in [0.15, 0.2) is 40.6 Å². The zero-order valence-electron chi connectivity index (χ0n) is 11.3. The first-order chi connectivity index (χ1) is 9.31. The van der Waals surface area contributed by atoms with Gasteiger partial charge in [-0.25, -0.2) is 0 Å². The van der Waals surface area contributed by atoms with Gasteiger partial charge in [0.1, 0.15) is 5.75 Å². The summed E-state index contributed by atoms with van der Waals surface area (Å²) in [7, 11) is 1.72. The fraction of sp³-hybridized carbons (Fsp3) is 0.333. The minimum atomic E-state index is 0.960. The molecule has 1 N–H and O–H groups in total. The van der Waals surface area contributed by atoms with Crippen molar-refractivity contribution in [1.82, 2.24) is 5.32 Å². The Morgan fingerprint density at radius 1 is 1.26 bits per heavy atom. The molecular formula is C15H19NOS2. The molecule has 102 valence electrons. The second-order valence-corrected chi connectivity index (χ2v) is 6.34. The Morgan fingerprint density at radius 2 is 2.11 bits per heavy atom. The Hall–Kier alpha value is -0.970. The SMILES string of the molecule is COc1ccccc1SCCNCc1sccc1C. The normalized spacial score (nSPS) is 10.6. The van der Waals surface area contributed by atoms with E-state index in [1.165, 1.54) is 15.3 Å². The third-order valence-electron chi connectivity index (χ3n) is 2.86. The summed E-state index contributed by atoms with van der Waals surface area (Å²) in [5, 5.41) is 5.63. The van der Waals surface area contributed by atoms with Gasteiger partial charge in [0.15, 0.2) is 0 Å². The van der Waals surface area contributed by atoms with Gasteiger partial charge < -0.3 is 10.1 Å². The summed E-state index contributed by atoms with van der Waals surface area (Å²) < 4.78 is 5.34. The maximum absolute atomic E-state index is 5.34. The number of aryl methyl sites for hydroxylation is 1. The number of benzene rings is 1. The van der Waals surface area contributed by atoms with E-state index in [1.54, 1.807) is 7.11 Å². The highest BCUT2D eigenvalue weighted by Gasteiger charge is 2.02. The summed E-state index contributed by atoms with van der Waals surface area (Å²) in [5.41, 5.74) is 1.38. The maximum Gasteiger partial charge on any atom is 0.132 e. The Bertz CT molecular complexity index is 510. The van der Waals surface area contributed by atoms with Gasteiger partial charge in [-0.1, -0.05) is 12.1 Å². The average Bonchev–Trinajstić information content (AvgIpc) is 2.84. The zero-order chi connectivity index (χ0) is 13.5. The molecule has 0 unspecified atom stereocenters. The standard InChI is InChI=1S/C15H19NOS2/c1-12-7-9-18-15(12)11-16-8-10-19-14-6-4-3-5-13(14)17-2/h3-7,9,16H,8,10-11H2,1-2H3. The van der Waals surface area contributed by atoms with Crippen LogP contribution in [0.25, 0.3) is 0 Å². The highest BCUT2D eigenvalue weighted by molar-refractivity contribution is 7.99. The molecule has 1 aromatic heterocycles. The highest BCUT2D eigenvalue weighted by Crippen LogP contribution is 2.28. The summed E-state index contributed by atoms with van der Waals surface area (Å²) >= 11 is 3.65. The van der Waals surface area contributed by atoms with E-state index in [2.05, 4.69) is 29.8 Å². The lowest BCUT2D eigenvalue weighted by atomic mass is 10.3. The summed E-state index contributed by atoms with van der Waals surface area (Å²) in [6.45, 7) is 4.13. The second kappa shape index (κ2) is 7.58. The molecule has 4 heteroatoms. The molecule has 0 aliphatic rings. The molecule has 2 nitrogen and oxygen atoms in total. The molecule has 0 atom stereocenters. The third-order valence-corrected chi connectivity index (χ3v) is 4.94. The largest absolute Gasteiger partial charge is 0.496 e. The predicted molar refractivity (Wildman–Crippen MR) is 84.5 cm³/mol. The van der Waals surface area contributed by atoms with Gasteiger partial charge >= 0.3 is 0 Å². The van der Waals surface area contributed by atoms with Crippen molar-refractivity contribution in [3.63, 3.8) is 0 Å². The third kappa shape index (κ3) is 4.27. The first-order valence-corrected chi connectivity index (χ1v) is 8.17. The van der Waals surface area contributed by atoms with Crippen LogP contribution in [0.3, 0.4) is 0 Å². The van der Waals surface area contributed by atoms with Crippen molar-refractivity contribution < 1.29 is 4.74 Å². The number of rotatable bonds is 7. The smallest absolute Gasteiger partial charge is 0.132 e. The lowest BCUT2D eigenvalue weighted by molar-refractivity contribution is 0.405. The number of nitrogens with one attached hydrogen (secondary N) is 1. The van der Waals surface area contributed by atoms with E-state index in [4.69, 9.17) is 4.74 Å². The Kier molecular flexibility index (Phi) is 5.76. The van der Waals surface area contributed by atoms with Crippen molar-refractivity contribution >= 4 is 23.1 Å². The Labute approximate surface area is 123 Å². The number of thioether (sulfide) groups is 1. The van der Waals surface area contributed by atoms with Crippen molar-refractivity contribution in [1.29, 1.82) is 0 Å². The van der Waals surface area contributed by atoms with Crippen LogP contribution in [0, 0.1) is 6.92 Å². The van der Waals surface area contributed by atoms with E-state index in [0.717, 1.165) is 24.6 Å². The van der Waals surface area contributed by atoms with Gasteiger partial charge in [-0.05, 0) is 36.1 Å². The molecule has 0 bridgehead atoms. The van der Waals surface area contributed by atoms with Crippen LogP contribution in [0.5, 0.6) is 5.75 Å². The van der Waals surface area contributed by atoms with Gasteiger partial charge in [0.05, 0.1) is 7.11 Å². The minimum absolute atomic E-state index is 0.960. The van der Waals surface area contributed by atoms with Crippen LogP contribution in [0.2, 0.25) is 0 Å². The van der Waals surface area contributed by atoms with Gasteiger partial charge in [-0.15, -0.1) is 23.1 Å². The van der Waals surface area contributed by atoms with Crippen LogP contribution in [0.4, 0.5) is 0 Å². The molecule has 0 aliphatic carbocycles. The summed E-state index contributed by atoms with van der Waals surface area (Å²) in [6, 6.07) is 10.3. The Morgan fingerprint density at radius 3 is 2.84 bits per heavy atom. The van der Waals surface area contributed by atoms with Gasteiger partial charge in [-0.3, -0.25) is 0 Å². The molecule has 0 spiro atoms. The molecule has 1 aromatic carbocycles. The summed E-state index contributed by atoms with van der Waals surface area (Å²) in [4.78, 5) is 2.64. The lowest BCUT2D eigenvalue weighted by Crippen LogP contribution is -2.16. The monoisotopic (exact) mass is 293 g/mol. The van der Waals surface area contributed by atoms with E-state index in [-0.39, 0.29) is 0 Å². The molecule has 0 fully saturated rings. The lowest BCUT2D eigenvalue weighted by Gasteiger charge is -2.08. The number of hydrogen-bond acceptors (Lipinski definition) is 4. The topological polar surface area (TPSA) is 21.3 Å². The molecular weight excluding hydrogens is 274 g/mol. The zero-order valence-corrected chi connectivity index (χ0v) is 12.9. The number of methoxy groups -OCH3 is 1. The minimum Gasteiger partial charge on any atom is -0.496 e. The van der Waals surface area contributed by atoms with Crippen LogP contribution in [-0.2, 0) is 6.54 Å². The van der Waals surface area contributed by atoms with Crippen molar-refractivity contribution in [2.75, 3.05) is 19.4 Å². The maximum atomic E-state index is 5.34.